The molecule has 254 valence electrons. The number of hydrogen-bond donors (Lipinski definition) is 0. The van der Waals surface area contributed by atoms with Crippen LogP contribution in [-0.4, -0.2) is 44.0 Å². The Bertz CT molecular complexity index is 1190. The molecule has 0 aliphatic rings. The Morgan fingerprint density at radius 3 is 0.565 bits per heavy atom. The van der Waals surface area contributed by atoms with Crippen molar-refractivity contribution in [3.63, 3.8) is 0 Å². The number of anilines is 3. The topological polar surface area (TPSA) is 3.24 Å². The van der Waals surface area contributed by atoms with E-state index in [-0.39, 0.29) is 0 Å². The predicted molar refractivity (Wildman–Crippen MR) is 216 cm³/mol. The standard InChI is InChI=1S/C42H66As3N/c1-37(2,3)43(38(4,5)6)31-19-25-34(26-20-31)46(35-27-21-32(22-28-35)44(39(7,8)9)40(10,11)12)36-29-23-33(24-30-36)45(41(13,14)15)42(16,17)18/h19-30H,1-18H3. The fourth-order valence-electron chi connectivity index (χ4n) is 8.04. The molecule has 0 heterocycles. The van der Waals surface area contributed by atoms with Crippen LogP contribution in [-0.2, 0) is 0 Å². The van der Waals surface area contributed by atoms with Crippen LogP contribution in [0, 0.1) is 0 Å². The molecule has 0 bridgehead atoms. The van der Waals surface area contributed by atoms with E-state index in [1.807, 2.05) is 0 Å². The Morgan fingerprint density at radius 2 is 0.435 bits per heavy atom. The van der Waals surface area contributed by atoms with E-state index in [1.54, 1.807) is 13.1 Å². The van der Waals surface area contributed by atoms with Crippen molar-refractivity contribution < 1.29 is 0 Å². The van der Waals surface area contributed by atoms with Gasteiger partial charge in [-0.1, -0.05) is 0 Å². The van der Waals surface area contributed by atoms with Crippen LogP contribution >= 0.6 is 0 Å². The number of hydrogen-bond acceptors (Lipinski definition) is 1. The zero-order chi connectivity index (χ0) is 35.3. The molecule has 3 rings (SSSR count). The molecule has 0 spiro atoms. The molecule has 4 heteroatoms. The van der Waals surface area contributed by atoms with Crippen molar-refractivity contribution in [1.29, 1.82) is 0 Å². The number of benzene rings is 3. The van der Waals surface area contributed by atoms with Gasteiger partial charge in [0.15, 0.2) is 0 Å². The average Bonchev–Trinajstić information content (AvgIpc) is 2.82. The molecule has 0 aliphatic heterocycles. The quantitative estimate of drug-likeness (QED) is 0.224. The van der Waals surface area contributed by atoms with E-state index in [0.717, 1.165) is 0 Å². The molecular weight excluding hydrogens is 743 g/mol. The first-order chi connectivity index (χ1) is 20.6. The van der Waals surface area contributed by atoms with E-state index in [9.17, 15) is 0 Å². The van der Waals surface area contributed by atoms with E-state index in [0.29, 0.717) is 25.2 Å². The first kappa shape index (κ1) is 39.6. The summed E-state index contributed by atoms with van der Waals surface area (Å²) in [6.45, 7) is 44.0. The van der Waals surface area contributed by atoms with Crippen LogP contribution < -0.4 is 18.0 Å². The average molecular weight is 810 g/mol. The summed E-state index contributed by atoms with van der Waals surface area (Å²) in [5, 5.41) is 0. The van der Waals surface area contributed by atoms with Gasteiger partial charge in [-0.15, -0.1) is 0 Å². The molecule has 46 heavy (non-hydrogen) atoms. The third-order valence-electron chi connectivity index (χ3n) is 8.12. The summed E-state index contributed by atoms with van der Waals surface area (Å²) in [6.07, 6.45) is 0. The van der Waals surface area contributed by atoms with E-state index in [2.05, 4.69) is 202 Å². The molecule has 0 radical (unpaired) electrons. The van der Waals surface area contributed by atoms with Crippen molar-refractivity contribution >= 4 is 74.1 Å². The zero-order valence-corrected chi connectivity index (χ0v) is 38.3. The van der Waals surface area contributed by atoms with Gasteiger partial charge in [-0.3, -0.25) is 0 Å². The molecule has 1 nitrogen and oxygen atoms in total. The van der Waals surface area contributed by atoms with Crippen molar-refractivity contribution in [2.75, 3.05) is 4.90 Å². The third-order valence-corrected chi connectivity index (χ3v) is 30.1. The maximum atomic E-state index is 2.49. The molecule has 3 aromatic carbocycles. The first-order valence-electron chi connectivity index (χ1n) is 17.1. The number of rotatable bonds is 6. The fourth-order valence-corrected chi connectivity index (χ4v) is 33.3. The van der Waals surface area contributed by atoms with Crippen LogP contribution in [0.3, 0.4) is 0 Å². The SMILES string of the molecule is CC(C)(C)[As](c1ccc(N(c2ccc([As](C(C)(C)C)C(C)(C)C)cc2)c2ccc([As](C(C)(C)C)C(C)(C)C)cc2)cc1)C(C)(C)C. The molecular formula is C42H66As3N. The van der Waals surface area contributed by atoms with E-state index >= 15 is 0 Å². The molecule has 0 unspecified atom stereocenters. The Hall–Kier alpha value is -0.865. The van der Waals surface area contributed by atoms with Gasteiger partial charge in [0.1, 0.15) is 0 Å². The molecule has 3 aromatic rings. The minimum atomic E-state index is -1.37. The monoisotopic (exact) mass is 809 g/mol. The molecule has 0 aromatic heterocycles. The van der Waals surface area contributed by atoms with Crippen molar-refractivity contribution in [3.05, 3.63) is 72.8 Å². The van der Waals surface area contributed by atoms with Gasteiger partial charge in [-0.2, -0.15) is 0 Å². The summed E-state index contributed by atoms with van der Waals surface area (Å²) in [7, 11) is 0. The van der Waals surface area contributed by atoms with Gasteiger partial charge in [0.05, 0.1) is 0 Å². The summed E-state index contributed by atoms with van der Waals surface area (Å²) >= 11 is -4.10. The Balaban J connectivity index is 2.19. The predicted octanol–water partition coefficient (Wildman–Crippen LogP) is 12.1. The van der Waals surface area contributed by atoms with Crippen LogP contribution in [0.15, 0.2) is 72.8 Å². The van der Waals surface area contributed by atoms with Crippen LogP contribution in [0.1, 0.15) is 125 Å². The summed E-state index contributed by atoms with van der Waals surface area (Å²) < 4.78 is 6.61. The van der Waals surface area contributed by atoms with Gasteiger partial charge in [0.2, 0.25) is 0 Å². The Labute approximate surface area is 299 Å². The van der Waals surface area contributed by atoms with E-state index < -0.39 is 44.0 Å². The van der Waals surface area contributed by atoms with Crippen molar-refractivity contribution in [1.82, 2.24) is 0 Å². The maximum absolute atomic E-state index is 2.49. The Kier molecular flexibility index (Phi) is 11.9. The summed E-state index contributed by atoms with van der Waals surface area (Å²) in [4.78, 5) is 2.49. The fraction of sp³-hybridized carbons (Fsp3) is 0.571. The third kappa shape index (κ3) is 9.64. The number of nitrogens with zero attached hydrogens (tertiary/aromatic N) is 1. The molecule has 0 atom stereocenters. The normalized spacial score (nSPS) is 14.0. The second kappa shape index (κ2) is 13.8. The second-order valence-corrected chi connectivity index (χ2v) is 43.3. The van der Waals surface area contributed by atoms with Gasteiger partial charge in [-0.25, -0.2) is 0 Å². The summed E-state index contributed by atoms with van der Waals surface area (Å²) in [5.41, 5.74) is 3.72. The van der Waals surface area contributed by atoms with Crippen LogP contribution in [0.2, 0.25) is 25.2 Å². The van der Waals surface area contributed by atoms with Gasteiger partial charge >= 0.3 is 302 Å². The van der Waals surface area contributed by atoms with Gasteiger partial charge in [-0.05, 0) is 0 Å². The van der Waals surface area contributed by atoms with Crippen molar-refractivity contribution in [2.45, 2.75) is 150 Å². The molecule has 0 N–H and O–H groups in total. The van der Waals surface area contributed by atoms with Gasteiger partial charge in [0, 0.05) is 0 Å². The summed E-state index contributed by atoms with van der Waals surface area (Å²) in [6, 6.07) is 29.0. The van der Waals surface area contributed by atoms with Gasteiger partial charge in [0.25, 0.3) is 0 Å². The van der Waals surface area contributed by atoms with Gasteiger partial charge < -0.3 is 0 Å². The Morgan fingerprint density at radius 1 is 0.283 bits per heavy atom. The molecule has 0 saturated heterocycles. The zero-order valence-electron chi connectivity index (χ0n) is 32.7. The molecule has 0 aliphatic carbocycles. The molecule has 0 fully saturated rings. The van der Waals surface area contributed by atoms with E-state index in [1.165, 1.54) is 17.1 Å². The van der Waals surface area contributed by atoms with Crippen molar-refractivity contribution in [2.24, 2.45) is 0 Å². The molecule has 0 saturated carbocycles. The first-order valence-corrected chi connectivity index (χ1v) is 25.6. The van der Waals surface area contributed by atoms with E-state index in [4.69, 9.17) is 0 Å². The van der Waals surface area contributed by atoms with Crippen molar-refractivity contribution in [3.8, 4) is 0 Å². The van der Waals surface area contributed by atoms with Crippen LogP contribution in [0.5, 0.6) is 0 Å². The minimum absolute atomic E-state index is 0.319. The van der Waals surface area contributed by atoms with Crippen LogP contribution in [0.4, 0.5) is 17.1 Å². The molecule has 0 amide bonds. The summed E-state index contributed by atoms with van der Waals surface area (Å²) in [5.74, 6) is 0. The second-order valence-electron chi connectivity index (χ2n) is 18.9. The van der Waals surface area contributed by atoms with Crippen LogP contribution in [0.25, 0.3) is 0 Å².